The van der Waals surface area contributed by atoms with Gasteiger partial charge in [-0.15, -0.1) is 11.8 Å². The molecule has 0 radical (unpaired) electrons. The fraction of sp³-hybridized carbons (Fsp3) is 0.444. The summed E-state index contributed by atoms with van der Waals surface area (Å²) in [6.07, 6.45) is 0.628. The summed E-state index contributed by atoms with van der Waals surface area (Å²) in [5, 5.41) is -0.353. The summed E-state index contributed by atoms with van der Waals surface area (Å²) in [6, 6.07) is 6.73. The number of carbonyl (C=O) groups is 4. The number of thioether (sulfide) groups is 1. The lowest BCUT2D eigenvalue weighted by atomic mass is 10.1. The van der Waals surface area contributed by atoms with Crippen molar-refractivity contribution in [2.24, 2.45) is 0 Å². The van der Waals surface area contributed by atoms with Crippen LogP contribution in [0.15, 0.2) is 24.3 Å². The number of rotatable bonds is 5. The Kier molecular flexibility index (Phi) is 5.61. The van der Waals surface area contributed by atoms with Crippen LogP contribution in [0.5, 0.6) is 0 Å². The molecule has 1 aromatic rings. The van der Waals surface area contributed by atoms with Crippen LogP contribution >= 0.6 is 11.8 Å². The van der Waals surface area contributed by atoms with Crippen molar-refractivity contribution in [1.82, 2.24) is 9.80 Å². The third-order valence-electron chi connectivity index (χ3n) is 4.53. The van der Waals surface area contributed by atoms with Gasteiger partial charge in [0, 0.05) is 31.8 Å². The number of nitrogens with zero attached hydrogens (tertiary/aromatic N) is 2. The van der Waals surface area contributed by atoms with E-state index in [0.717, 1.165) is 0 Å². The van der Waals surface area contributed by atoms with Gasteiger partial charge in [0.1, 0.15) is 5.25 Å². The average Bonchev–Trinajstić information content (AvgIpc) is 2.92. The van der Waals surface area contributed by atoms with Gasteiger partial charge in [-0.3, -0.25) is 24.1 Å². The molecule has 1 saturated heterocycles. The molecule has 0 aliphatic carbocycles. The Labute approximate surface area is 155 Å². The van der Waals surface area contributed by atoms with Gasteiger partial charge in [-0.1, -0.05) is 12.1 Å². The first kappa shape index (κ1) is 18.4. The SMILES string of the molecule is COC(=O)[C@H]1CN(C(=O)CCCN2C(=O)c3ccccc3C2=O)CCS1. The van der Waals surface area contributed by atoms with Gasteiger partial charge in [-0.25, -0.2) is 0 Å². The van der Waals surface area contributed by atoms with Gasteiger partial charge in [0.25, 0.3) is 11.8 Å². The largest absolute Gasteiger partial charge is 0.468 e. The van der Waals surface area contributed by atoms with Crippen LogP contribution in [0.3, 0.4) is 0 Å². The zero-order valence-corrected chi connectivity index (χ0v) is 15.3. The second-order valence-corrected chi connectivity index (χ2v) is 7.44. The highest BCUT2D eigenvalue weighted by Gasteiger charge is 2.35. The molecular weight excluding hydrogens is 356 g/mol. The number of esters is 1. The third kappa shape index (κ3) is 3.60. The highest BCUT2D eigenvalue weighted by atomic mass is 32.2. The molecule has 3 rings (SSSR count). The van der Waals surface area contributed by atoms with Crippen molar-refractivity contribution in [2.75, 3.05) is 32.5 Å². The van der Waals surface area contributed by atoms with Crippen LogP contribution < -0.4 is 0 Å². The molecule has 0 saturated carbocycles. The van der Waals surface area contributed by atoms with Crippen LogP contribution in [0.1, 0.15) is 33.6 Å². The van der Waals surface area contributed by atoms with Gasteiger partial charge in [0.05, 0.1) is 18.2 Å². The molecule has 1 fully saturated rings. The Bertz CT molecular complexity index is 716. The number of fused-ring (bicyclic) bond motifs is 1. The predicted octanol–water partition coefficient (Wildman–Crippen LogP) is 1.18. The second-order valence-electron chi connectivity index (χ2n) is 6.13. The van der Waals surface area contributed by atoms with E-state index in [1.165, 1.54) is 23.8 Å². The van der Waals surface area contributed by atoms with Gasteiger partial charge in [0.2, 0.25) is 5.91 Å². The van der Waals surface area contributed by atoms with Crippen LogP contribution in [-0.2, 0) is 14.3 Å². The lowest BCUT2D eigenvalue weighted by molar-refractivity contribution is -0.141. The van der Waals surface area contributed by atoms with Crippen LogP contribution in [0.2, 0.25) is 0 Å². The highest BCUT2D eigenvalue weighted by molar-refractivity contribution is 8.00. The van der Waals surface area contributed by atoms with Crippen molar-refractivity contribution in [3.63, 3.8) is 0 Å². The van der Waals surface area contributed by atoms with E-state index in [1.54, 1.807) is 29.2 Å². The molecule has 0 unspecified atom stereocenters. The van der Waals surface area contributed by atoms with Crippen LogP contribution in [0.4, 0.5) is 0 Å². The Morgan fingerprint density at radius 1 is 1.19 bits per heavy atom. The van der Waals surface area contributed by atoms with E-state index in [2.05, 4.69) is 0 Å². The van der Waals surface area contributed by atoms with Gasteiger partial charge >= 0.3 is 5.97 Å². The van der Waals surface area contributed by atoms with Crippen molar-refractivity contribution in [3.8, 4) is 0 Å². The van der Waals surface area contributed by atoms with Crippen LogP contribution in [0.25, 0.3) is 0 Å². The lowest BCUT2D eigenvalue weighted by Gasteiger charge is -2.31. The summed E-state index contributed by atoms with van der Waals surface area (Å²) in [5.74, 6) is -0.324. The number of carbonyl (C=O) groups excluding carboxylic acids is 4. The molecule has 138 valence electrons. The molecule has 2 aliphatic rings. The van der Waals surface area contributed by atoms with E-state index in [9.17, 15) is 19.2 Å². The van der Waals surface area contributed by atoms with Crippen LogP contribution in [0, 0.1) is 0 Å². The molecule has 26 heavy (non-hydrogen) atoms. The highest BCUT2D eigenvalue weighted by Crippen LogP contribution is 2.23. The molecule has 7 nitrogen and oxygen atoms in total. The molecule has 8 heteroatoms. The predicted molar refractivity (Wildman–Crippen MR) is 95.9 cm³/mol. The molecule has 0 aromatic heterocycles. The molecule has 2 aliphatic heterocycles. The third-order valence-corrected chi connectivity index (χ3v) is 5.70. The minimum atomic E-state index is -0.353. The first-order valence-electron chi connectivity index (χ1n) is 8.45. The molecule has 1 aromatic carbocycles. The molecule has 0 N–H and O–H groups in total. The summed E-state index contributed by atoms with van der Waals surface area (Å²) in [4.78, 5) is 51.5. The molecule has 2 heterocycles. The minimum absolute atomic E-state index is 0.0733. The monoisotopic (exact) mass is 376 g/mol. The van der Waals surface area contributed by atoms with Gasteiger partial charge in [0.15, 0.2) is 0 Å². The molecule has 3 amide bonds. The lowest BCUT2D eigenvalue weighted by Crippen LogP contribution is -2.45. The van der Waals surface area contributed by atoms with Gasteiger partial charge in [-0.2, -0.15) is 0 Å². The molecule has 0 bridgehead atoms. The minimum Gasteiger partial charge on any atom is -0.468 e. The number of methoxy groups -OCH3 is 1. The zero-order valence-electron chi connectivity index (χ0n) is 14.5. The molecule has 0 spiro atoms. The van der Waals surface area contributed by atoms with Crippen molar-refractivity contribution in [3.05, 3.63) is 35.4 Å². The van der Waals surface area contributed by atoms with Gasteiger partial charge in [-0.05, 0) is 18.6 Å². The number of ether oxygens (including phenoxy) is 1. The van der Waals surface area contributed by atoms with Gasteiger partial charge < -0.3 is 9.64 Å². The quantitative estimate of drug-likeness (QED) is 0.567. The number of amides is 3. The van der Waals surface area contributed by atoms with E-state index in [-0.39, 0.29) is 41.9 Å². The zero-order chi connectivity index (χ0) is 18.7. The topological polar surface area (TPSA) is 84.0 Å². The number of benzene rings is 1. The number of imide groups is 1. The standard InChI is InChI=1S/C18H20N2O5S/c1-25-18(24)14-11-19(9-10-26-14)15(21)7-4-8-20-16(22)12-5-2-3-6-13(12)17(20)23/h2-3,5-6,14H,4,7-11H2,1H3/t14-/m1/s1. The maximum absolute atomic E-state index is 12.4. The van der Waals surface area contributed by atoms with E-state index in [0.29, 0.717) is 36.4 Å². The Hall–Kier alpha value is -2.35. The first-order valence-corrected chi connectivity index (χ1v) is 9.50. The smallest absolute Gasteiger partial charge is 0.320 e. The molecular formula is C18H20N2O5S. The summed E-state index contributed by atoms with van der Waals surface area (Å²) in [7, 11) is 1.34. The molecule has 1 atom stereocenters. The maximum atomic E-state index is 12.4. The fourth-order valence-corrected chi connectivity index (χ4v) is 4.27. The fourth-order valence-electron chi connectivity index (χ4n) is 3.14. The summed E-state index contributed by atoms with van der Waals surface area (Å²) >= 11 is 1.49. The normalized spacial score (nSPS) is 19.5. The van der Waals surface area contributed by atoms with Crippen molar-refractivity contribution in [1.29, 1.82) is 0 Å². The van der Waals surface area contributed by atoms with E-state index >= 15 is 0 Å². The van der Waals surface area contributed by atoms with Crippen molar-refractivity contribution >= 4 is 35.5 Å². The average molecular weight is 376 g/mol. The van der Waals surface area contributed by atoms with E-state index < -0.39 is 0 Å². The Morgan fingerprint density at radius 2 is 1.85 bits per heavy atom. The number of hydrogen-bond acceptors (Lipinski definition) is 6. The Balaban J connectivity index is 1.51. The number of hydrogen-bond donors (Lipinski definition) is 0. The maximum Gasteiger partial charge on any atom is 0.320 e. The first-order chi connectivity index (χ1) is 12.5. The Morgan fingerprint density at radius 3 is 2.46 bits per heavy atom. The summed E-state index contributed by atoms with van der Waals surface area (Å²) in [5.41, 5.74) is 0.829. The summed E-state index contributed by atoms with van der Waals surface area (Å²) < 4.78 is 4.74. The van der Waals surface area contributed by atoms with E-state index in [1.807, 2.05) is 0 Å². The van der Waals surface area contributed by atoms with Crippen LogP contribution in [-0.4, -0.2) is 71.2 Å². The van der Waals surface area contributed by atoms with Crippen molar-refractivity contribution < 1.29 is 23.9 Å². The second kappa shape index (κ2) is 7.90. The van der Waals surface area contributed by atoms with E-state index in [4.69, 9.17) is 4.74 Å². The summed E-state index contributed by atoms with van der Waals surface area (Å²) in [6.45, 7) is 1.13. The van der Waals surface area contributed by atoms with Crippen molar-refractivity contribution in [2.45, 2.75) is 18.1 Å².